The number of allylic oxidation sites excluding steroid dienone is 1. The Morgan fingerprint density at radius 3 is 2.80 bits per heavy atom. The quantitative estimate of drug-likeness (QED) is 0.788. The summed E-state index contributed by atoms with van der Waals surface area (Å²) in [7, 11) is 0. The first kappa shape index (κ1) is 10.2. The summed E-state index contributed by atoms with van der Waals surface area (Å²) in [6.45, 7) is 1.88. The highest BCUT2D eigenvalue weighted by Gasteiger charge is 2.08. The van der Waals surface area contributed by atoms with E-state index in [1.807, 2.05) is 25.1 Å². The molecule has 0 saturated heterocycles. The highest BCUT2D eigenvalue weighted by atomic mass is 79.9. The third kappa shape index (κ3) is 1.75. The van der Waals surface area contributed by atoms with Crippen molar-refractivity contribution in [1.29, 1.82) is 0 Å². The molecule has 0 amide bonds. The van der Waals surface area contributed by atoms with Crippen molar-refractivity contribution in [2.24, 2.45) is 0 Å². The van der Waals surface area contributed by atoms with Gasteiger partial charge in [-0.05, 0) is 41.1 Å². The van der Waals surface area contributed by atoms with Gasteiger partial charge in [0, 0.05) is 0 Å². The van der Waals surface area contributed by atoms with Gasteiger partial charge in [0.05, 0.1) is 5.39 Å². The Labute approximate surface area is 95.4 Å². The SMILES string of the molecule is C/C=C\c1oc2ccccc2c(=O)c1Br. The zero-order valence-electron chi connectivity index (χ0n) is 8.16. The van der Waals surface area contributed by atoms with Crippen molar-refractivity contribution in [3.8, 4) is 0 Å². The van der Waals surface area contributed by atoms with E-state index in [0.717, 1.165) is 0 Å². The number of halogens is 1. The average Bonchev–Trinajstić information content (AvgIpc) is 2.26. The van der Waals surface area contributed by atoms with Gasteiger partial charge in [-0.3, -0.25) is 4.79 Å². The molecular formula is C12H9BrO2. The van der Waals surface area contributed by atoms with Crippen LogP contribution in [-0.2, 0) is 0 Å². The van der Waals surface area contributed by atoms with E-state index in [1.165, 1.54) is 0 Å². The van der Waals surface area contributed by atoms with Crippen molar-refractivity contribution in [3.63, 3.8) is 0 Å². The fourth-order valence-electron chi connectivity index (χ4n) is 1.40. The van der Waals surface area contributed by atoms with Crippen molar-refractivity contribution in [2.75, 3.05) is 0 Å². The Hall–Kier alpha value is -1.35. The van der Waals surface area contributed by atoms with Crippen LogP contribution in [0.15, 0.2) is 44.0 Å². The van der Waals surface area contributed by atoms with Crippen LogP contribution in [0, 0.1) is 0 Å². The van der Waals surface area contributed by atoms with E-state index in [9.17, 15) is 4.79 Å². The van der Waals surface area contributed by atoms with Crippen molar-refractivity contribution < 1.29 is 4.42 Å². The summed E-state index contributed by atoms with van der Waals surface area (Å²) >= 11 is 3.24. The van der Waals surface area contributed by atoms with Crippen LogP contribution >= 0.6 is 15.9 Å². The molecule has 0 radical (unpaired) electrons. The predicted octanol–water partition coefficient (Wildman–Crippen LogP) is 3.59. The zero-order chi connectivity index (χ0) is 10.8. The molecule has 0 aliphatic heterocycles. The second-order valence-corrected chi connectivity index (χ2v) is 3.90. The van der Waals surface area contributed by atoms with Crippen molar-refractivity contribution in [1.82, 2.24) is 0 Å². The molecule has 0 aliphatic carbocycles. The monoisotopic (exact) mass is 264 g/mol. The Morgan fingerprint density at radius 2 is 2.07 bits per heavy atom. The summed E-state index contributed by atoms with van der Waals surface area (Å²) in [5.41, 5.74) is 0.573. The Kier molecular flexibility index (Phi) is 2.73. The molecule has 15 heavy (non-hydrogen) atoms. The van der Waals surface area contributed by atoms with Crippen LogP contribution in [0.3, 0.4) is 0 Å². The van der Waals surface area contributed by atoms with Crippen molar-refractivity contribution >= 4 is 33.0 Å². The maximum absolute atomic E-state index is 11.9. The lowest BCUT2D eigenvalue weighted by Crippen LogP contribution is -2.03. The van der Waals surface area contributed by atoms with E-state index < -0.39 is 0 Å². The van der Waals surface area contributed by atoms with E-state index in [0.29, 0.717) is 21.2 Å². The van der Waals surface area contributed by atoms with Gasteiger partial charge in [-0.25, -0.2) is 0 Å². The molecular weight excluding hydrogens is 256 g/mol. The molecule has 2 nitrogen and oxygen atoms in total. The molecule has 0 spiro atoms. The summed E-state index contributed by atoms with van der Waals surface area (Å²) in [5.74, 6) is 0.557. The summed E-state index contributed by atoms with van der Waals surface area (Å²) in [6.07, 6.45) is 3.59. The van der Waals surface area contributed by atoms with Gasteiger partial charge >= 0.3 is 0 Å². The van der Waals surface area contributed by atoms with Gasteiger partial charge in [-0.1, -0.05) is 18.2 Å². The Bertz CT molecular complexity index is 582. The molecule has 2 aromatic rings. The highest BCUT2D eigenvalue weighted by Crippen LogP contribution is 2.20. The third-order valence-corrected chi connectivity index (χ3v) is 2.84. The van der Waals surface area contributed by atoms with Crippen molar-refractivity contribution in [3.05, 3.63) is 50.8 Å². The fraction of sp³-hybridized carbons (Fsp3) is 0.0833. The molecule has 0 aliphatic rings. The maximum Gasteiger partial charge on any atom is 0.207 e. The van der Waals surface area contributed by atoms with Gasteiger partial charge in [0.15, 0.2) is 0 Å². The molecule has 2 rings (SSSR count). The number of hydrogen-bond donors (Lipinski definition) is 0. The molecule has 1 aromatic carbocycles. The first-order chi connectivity index (χ1) is 7.24. The van der Waals surface area contributed by atoms with Crippen LogP contribution in [0.1, 0.15) is 12.7 Å². The van der Waals surface area contributed by atoms with Crippen LogP contribution in [0.25, 0.3) is 17.0 Å². The van der Waals surface area contributed by atoms with Crippen molar-refractivity contribution in [2.45, 2.75) is 6.92 Å². The van der Waals surface area contributed by atoms with Crippen LogP contribution in [0.5, 0.6) is 0 Å². The first-order valence-electron chi connectivity index (χ1n) is 4.58. The maximum atomic E-state index is 11.9. The van der Waals surface area contributed by atoms with Gasteiger partial charge in [-0.2, -0.15) is 0 Å². The van der Waals surface area contributed by atoms with E-state index >= 15 is 0 Å². The summed E-state index contributed by atoms with van der Waals surface area (Å²) < 4.78 is 6.05. The fourth-order valence-corrected chi connectivity index (χ4v) is 1.82. The smallest absolute Gasteiger partial charge is 0.207 e. The van der Waals surface area contributed by atoms with E-state index in [1.54, 1.807) is 18.2 Å². The minimum Gasteiger partial charge on any atom is -0.455 e. The molecule has 0 bridgehead atoms. The molecule has 3 heteroatoms. The third-order valence-electron chi connectivity index (χ3n) is 2.09. The van der Waals surface area contributed by atoms with Crippen LogP contribution in [0.4, 0.5) is 0 Å². The lowest BCUT2D eigenvalue weighted by Gasteiger charge is -2.00. The Morgan fingerprint density at radius 1 is 1.33 bits per heavy atom. The molecule has 1 aromatic heterocycles. The minimum atomic E-state index is -0.0371. The van der Waals surface area contributed by atoms with Gasteiger partial charge in [0.1, 0.15) is 15.8 Å². The summed E-state index contributed by atoms with van der Waals surface area (Å²) in [6, 6.07) is 7.21. The van der Waals surface area contributed by atoms with Crippen LogP contribution in [-0.4, -0.2) is 0 Å². The number of rotatable bonds is 1. The zero-order valence-corrected chi connectivity index (χ0v) is 9.74. The summed E-state index contributed by atoms with van der Waals surface area (Å²) in [5, 5.41) is 0.595. The molecule has 0 N–H and O–H groups in total. The number of para-hydroxylation sites is 1. The lowest BCUT2D eigenvalue weighted by molar-refractivity contribution is 0.586. The normalized spacial score (nSPS) is 11.3. The van der Waals surface area contributed by atoms with Crippen LogP contribution < -0.4 is 5.43 Å². The number of hydrogen-bond acceptors (Lipinski definition) is 2. The average molecular weight is 265 g/mol. The van der Waals surface area contributed by atoms with Crippen LogP contribution in [0.2, 0.25) is 0 Å². The molecule has 0 saturated carbocycles. The Balaban J connectivity index is 2.88. The highest BCUT2D eigenvalue weighted by molar-refractivity contribution is 9.10. The number of fused-ring (bicyclic) bond motifs is 1. The van der Waals surface area contributed by atoms with E-state index in [-0.39, 0.29) is 5.43 Å². The molecule has 0 atom stereocenters. The molecule has 0 unspecified atom stereocenters. The summed E-state index contributed by atoms with van der Waals surface area (Å²) in [4.78, 5) is 11.9. The second-order valence-electron chi connectivity index (χ2n) is 3.11. The largest absolute Gasteiger partial charge is 0.455 e. The van der Waals surface area contributed by atoms with E-state index in [2.05, 4.69) is 15.9 Å². The van der Waals surface area contributed by atoms with Gasteiger partial charge in [-0.15, -0.1) is 0 Å². The standard InChI is InChI=1S/C12H9BrO2/c1-2-5-10-11(13)12(14)8-6-3-4-7-9(8)15-10/h2-7H,1H3/b5-2-. The van der Waals surface area contributed by atoms with Gasteiger partial charge in [0.2, 0.25) is 5.43 Å². The topological polar surface area (TPSA) is 30.2 Å². The molecule has 1 heterocycles. The van der Waals surface area contributed by atoms with Gasteiger partial charge in [0.25, 0.3) is 0 Å². The lowest BCUT2D eigenvalue weighted by atomic mass is 10.2. The molecule has 0 fully saturated rings. The second kappa shape index (κ2) is 4.03. The molecule has 76 valence electrons. The first-order valence-corrected chi connectivity index (χ1v) is 5.37. The predicted molar refractivity (Wildman–Crippen MR) is 64.9 cm³/mol. The van der Waals surface area contributed by atoms with E-state index in [4.69, 9.17) is 4.42 Å². The van der Waals surface area contributed by atoms with Gasteiger partial charge < -0.3 is 4.42 Å². The minimum absolute atomic E-state index is 0.0371. The number of benzene rings is 1.